The molecule has 174 valence electrons. The quantitative estimate of drug-likeness (QED) is 0.476. The number of hydrogen-bond acceptors (Lipinski definition) is 6. The third-order valence-electron chi connectivity index (χ3n) is 6.46. The highest BCUT2D eigenvalue weighted by atomic mass is 16.3. The lowest BCUT2D eigenvalue weighted by molar-refractivity contribution is 0.207. The number of piperazine rings is 1. The Bertz CT molecular complexity index is 1280. The second kappa shape index (κ2) is 9.57. The van der Waals surface area contributed by atoms with E-state index < -0.39 is 0 Å². The number of furan rings is 1. The van der Waals surface area contributed by atoms with Gasteiger partial charge in [0.15, 0.2) is 0 Å². The topological polar surface area (TPSA) is 74.7 Å². The number of aromatic nitrogens is 2. The number of aromatic hydroxyl groups is 1. The molecule has 7 nitrogen and oxygen atoms in total. The van der Waals surface area contributed by atoms with E-state index in [1.807, 2.05) is 67.6 Å². The first-order chi connectivity index (χ1) is 16.6. The van der Waals surface area contributed by atoms with Crippen LogP contribution in [0.15, 0.2) is 88.4 Å². The van der Waals surface area contributed by atoms with Crippen molar-refractivity contribution < 1.29 is 9.52 Å². The van der Waals surface area contributed by atoms with Gasteiger partial charge in [-0.1, -0.05) is 36.4 Å². The van der Waals surface area contributed by atoms with Crippen LogP contribution in [0.2, 0.25) is 0 Å². The van der Waals surface area contributed by atoms with Crippen LogP contribution in [-0.2, 0) is 6.54 Å². The molecule has 7 heteroatoms. The van der Waals surface area contributed by atoms with Gasteiger partial charge in [-0.3, -0.25) is 9.69 Å². The van der Waals surface area contributed by atoms with Crippen molar-refractivity contribution >= 4 is 5.82 Å². The Labute approximate surface area is 198 Å². The summed E-state index contributed by atoms with van der Waals surface area (Å²) in [5, 5.41) is 11.0. The molecule has 1 aliphatic rings. The molecular formula is C27H28N4O3. The van der Waals surface area contributed by atoms with Gasteiger partial charge in [0.2, 0.25) is 0 Å². The first-order valence-electron chi connectivity index (χ1n) is 11.5. The SMILES string of the molecule is Cc1cc(O)c([C@@H](c2ccccc2)N2CCN(c3ccccn3)CC2)c(=O)n1Cc1ccco1. The predicted molar refractivity (Wildman–Crippen MR) is 131 cm³/mol. The van der Waals surface area contributed by atoms with Crippen LogP contribution in [0.25, 0.3) is 0 Å². The maximum atomic E-state index is 13.8. The molecule has 0 bridgehead atoms. The van der Waals surface area contributed by atoms with Crippen LogP contribution in [0, 0.1) is 6.92 Å². The normalized spacial score (nSPS) is 15.4. The van der Waals surface area contributed by atoms with Crippen molar-refractivity contribution in [2.45, 2.75) is 19.5 Å². The van der Waals surface area contributed by atoms with Gasteiger partial charge >= 0.3 is 0 Å². The molecule has 0 spiro atoms. The van der Waals surface area contributed by atoms with Gasteiger partial charge in [0.05, 0.1) is 24.4 Å². The Morgan fingerprint density at radius 1 is 1.00 bits per heavy atom. The van der Waals surface area contributed by atoms with E-state index in [0.29, 0.717) is 23.6 Å². The van der Waals surface area contributed by atoms with Gasteiger partial charge in [-0.05, 0) is 42.8 Å². The molecule has 1 saturated heterocycles. The Hall–Kier alpha value is -3.84. The second-order valence-electron chi connectivity index (χ2n) is 8.58. The first kappa shape index (κ1) is 22.0. The van der Waals surface area contributed by atoms with Gasteiger partial charge in [-0.15, -0.1) is 0 Å². The summed E-state index contributed by atoms with van der Waals surface area (Å²) < 4.78 is 7.16. The van der Waals surface area contributed by atoms with Gasteiger partial charge in [0, 0.05) is 38.1 Å². The van der Waals surface area contributed by atoms with Crippen LogP contribution >= 0.6 is 0 Å². The Kier molecular flexibility index (Phi) is 6.18. The van der Waals surface area contributed by atoms with Crippen molar-refractivity contribution in [2.24, 2.45) is 0 Å². The molecule has 4 heterocycles. The van der Waals surface area contributed by atoms with E-state index in [1.165, 1.54) is 0 Å². The monoisotopic (exact) mass is 456 g/mol. The second-order valence-corrected chi connectivity index (χ2v) is 8.58. The van der Waals surface area contributed by atoms with E-state index in [4.69, 9.17) is 4.42 Å². The summed E-state index contributed by atoms with van der Waals surface area (Å²) in [6.07, 6.45) is 3.41. The van der Waals surface area contributed by atoms with Crippen molar-refractivity contribution in [3.8, 4) is 5.75 Å². The summed E-state index contributed by atoms with van der Waals surface area (Å²) in [4.78, 5) is 22.8. The fourth-order valence-electron chi connectivity index (χ4n) is 4.73. The van der Waals surface area contributed by atoms with Crippen LogP contribution in [0.5, 0.6) is 5.75 Å². The number of aryl methyl sites for hydroxylation is 1. The minimum absolute atomic E-state index is 0.0270. The summed E-state index contributed by atoms with van der Waals surface area (Å²) in [7, 11) is 0. The molecule has 1 aliphatic heterocycles. The van der Waals surface area contributed by atoms with Crippen molar-refractivity contribution in [2.75, 3.05) is 31.1 Å². The average molecular weight is 457 g/mol. The predicted octanol–water partition coefficient (Wildman–Crippen LogP) is 3.81. The molecule has 0 saturated carbocycles. The zero-order valence-corrected chi connectivity index (χ0v) is 19.2. The van der Waals surface area contributed by atoms with Crippen molar-refractivity contribution in [3.63, 3.8) is 0 Å². The van der Waals surface area contributed by atoms with E-state index in [-0.39, 0.29) is 17.4 Å². The van der Waals surface area contributed by atoms with Gasteiger partial charge in [0.25, 0.3) is 5.56 Å². The minimum Gasteiger partial charge on any atom is -0.507 e. The number of rotatable bonds is 6. The lowest BCUT2D eigenvalue weighted by atomic mass is 9.96. The summed E-state index contributed by atoms with van der Waals surface area (Å²) in [5.74, 6) is 1.68. The molecule has 3 aromatic heterocycles. The fourth-order valence-corrected chi connectivity index (χ4v) is 4.73. The molecule has 1 atom stereocenters. The van der Waals surface area contributed by atoms with Gasteiger partial charge in [0.1, 0.15) is 17.3 Å². The van der Waals surface area contributed by atoms with Crippen molar-refractivity contribution in [1.29, 1.82) is 0 Å². The number of anilines is 1. The minimum atomic E-state index is -0.358. The molecule has 0 radical (unpaired) electrons. The summed E-state index contributed by atoms with van der Waals surface area (Å²) >= 11 is 0. The molecule has 0 amide bonds. The molecular weight excluding hydrogens is 428 g/mol. The van der Waals surface area contributed by atoms with E-state index in [9.17, 15) is 9.90 Å². The van der Waals surface area contributed by atoms with Crippen LogP contribution in [0.3, 0.4) is 0 Å². The lowest BCUT2D eigenvalue weighted by Gasteiger charge is -2.40. The van der Waals surface area contributed by atoms with Crippen LogP contribution in [0.4, 0.5) is 5.82 Å². The standard InChI is InChI=1S/C27H28N4O3/c1-20-18-23(32)25(27(33)31(20)19-22-10-7-17-34-22)26(21-8-3-2-4-9-21)30-15-13-29(14-16-30)24-11-5-6-12-28-24/h2-12,17-18,26,32H,13-16,19H2,1H3/t26-/m1/s1. The molecule has 0 unspecified atom stereocenters. The zero-order chi connectivity index (χ0) is 23.5. The van der Waals surface area contributed by atoms with Crippen molar-refractivity contribution in [3.05, 3.63) is 112 Å². The van der Waals surface area contributed by atoms with Crippen LogP contribution in [0.1, 0.15) is 28.6 Å². The average Bonchev–Trinajstić information content (AvgIpc) is 3.39. The zero-order valence-electron chi connectivity index (χ0n) is 19.2. The highest BCUT2D eigenvalue weighted by molar-refractivity contribution is 5.42. The number of hydrogen-bond donors (Lipinski definition) is 1. The highest BCUT2D eigenvalue weighted by Crippen LogP contribution is 2.33. The molecule has 34 heavy (non-hydrogen) atoms. The Morgan fingerprint density at radius 2 is 1.76 bits per heavy atom. The molecule has 0 aliphatic carbocycles. The maximum Gasteiger partial charge on any atom is 0.260 e. The summed E-state index contributed by atoms with van der Waals surface area (Å²) in [6.45, 7) is 5.19. The van der Waals surface area contributed by atoms with Crippen molar-refractivity contribution in [1.82, 2.24) is 14.5 Å². The maximum absolute atomic E-state index is 13.8. The summed E-state index contributed by atoms with van der Waals surface area (Å²) in [6, 6.07) is 20.9. The van der Waals surface area contributed by atoms with E-state index in [1.54, 1.807) is 23.1 Å². The molecule has 4 aromatic rings. The summed E-state index contributed by atoms with van der Waals surface area (Å²) in [5.41, 5.74) is 1.87. The lowest BCUT2D eigenvalue weighted by Crippen LogP contribution is -2.49. The van der Waals surface area contributed by atoms with Gasteiger partial charge in [-0.25, -0.2) is 4.98 Å². The Morgan fingerprint density at radius 3 is 2.44 bits per heavy atom. The molecule has 1 fully saturated rings. The smallest absolute Gasteiger partial charge is 0.260 e. The Balaban J connectivity index is 1.52. The third kappa shape index (κ3) is 4.34. The van der Waals surface area contributed by atoms with E-state index in [2.05, 4.69) is 14.8 Å². The van der Waals surface area contributed by atoms with Gasteiger partial charge in [-0.2, -0.15) is 0 Å². The van der Waals surface area contributed by atoms with Crippen LogP contribution in [-0.4, -0.2) is 45.7 Å². The first-order valence-corrected chi connectivity index (χ1v) is 11.5. The van der Waals surface area contributed by atoms with Gasteiger partial charge < -0.3 is 19.0 Å². The fraction of sp³-hybridized carbons (Fsp3) is 0.259. The number of nitrogens with zero attached hydrogens (tertiary/aromatic N) is 4. The molecule has 1 aromatic carbocycles. The van der Waals surface area contributed by atoms with E-state index >= 15 is 0 Å². The molecule has 5 rings (SSSR count). The van der Waals surface area contributed by atoms with E-state index in [0.717, 1.165) is 37.6 Å². The largest absolute Gasteiger partial charge is 0.507 e. The molecule has 1 N–H and O–H groups in total. The number of pyridine rings is 2. The highest BCUT2D eigenvalue weighted by Gasteiger charge is 2.31. The van der Waals surface area contributed by atoms with Crippen LogP contribution < -0.4 is 10.5 Å². The number of benzene rings is 1. The third-order valence-corrected chi connectivity index (χ3v) is 6.46.